The molecule has 0 aromatic heterocycles. The van der Waals surface area contributed by atoms with Gasteiger partial charge in [-0.2, -0.15) is 0 Å². The molecule has 5 rings (SSSR count). The molecule has 4 saturated carbocycles. The Hall–Kier alpha value is -0.160. The zero-order chi connectivity index (χ0) is 22.2. The highest BCUT2D eigenvalue weighted by Crippen LogP contribution is 2.70. The highest BCUT2D eigenvalue weighted by atomic mass is 16.5. The number of rotatable bonds is 4. The summed E-state index contributed by atoms with van der Waals surface area (Å²) in [6.07, 6.45) is 11.8. The molecule has 5 aliphatic rings. The minimum absolute atomic E-state index is 0.0629. The van der Waals surface area contributed by atoms with Gasteiger partial charge in [0.2, 0.25) is 0 Å². The molecule has 31 heavy (non-hydrogen) atoms. The third-order valence-electron chi connectivity index (χ3n) is 11.5. The quantitative estimate of drug-likeness (QED) is 0.607. The third-order valence-corrected chi connectivity index (χ3v) is 11.5. The summed E-state index contributed by atoms with van der Waals surface area (Å²) in [4.78, 5) is 0. The van der Waals surface area contributed by atoms with E-state index in [0.717, 1.165) is 42.9 Å². The van der Waals surface area contributed by atoms with Gasteiger partial charge in [-0.15, -0.1) is 0 Å². The van der Waals surface area contributed by atoms with E-state index >= 15 is 0 Å². The smallest absolute Gasteiger partial charge is 0.0850 e. The highest BCUT2D eigenvalue weighted by molar-refractivity contribution is 5.14. The first-order valence-electron chi connectivity index (χ1n) is 13.3. The predicted molar refractivity (Wildman–Crippen MR) is 121 cm³/mol. The number of hydrogen-bond donors (Lipinski definition) is 3. The molecule has 1 aliphatic heterocycles. The van der Waals surface area contributed by atoms with Gasteiger partial charge < -0.3 is 20.1 Å². The SMILES string of the molecule is C[C@@H]1C(CCC(C)(O)CO)O[C@H]2C[C@H]3[C@@H]4CCC5CC(O)CC[C@]5(C)[C@H]4CC[C@]3(C)[C@H]21. The first-order valence-corrected chi connectivity index (χ1v) is 13.3. The summed E-state index contributed by atoms with van der Waals surface area (Å²) in [7, 11) is 0. The summed E-state index contributed by atoms with van der Waals surface area (Å²) in [6.45, 7) is 9.10. The van der Waals surface area contributed by atoms with Crippen LogP contribution in [-0.2, 0) is 4.74 Å². The fourth-order valence-corrected chi connectivity index (χ4v) is 9.78. The third kappa shape index (κ3) is 3.45. The van der Waals surface area contributed by atoms with E-state index in [1.807, 2.05) is 0 Å². The van der Waals surface area contributed by atoms with Gasteiger partial charge in [-0.25, -0.2) is 0 Å². The molecule has 12 atom stereocenters. The number of aliphatic hydroxyl groups excluding tert-OH is 2. The molecule has 4 unspecified atom stereocenters. The van der Waals surface area contributed by atoms with Crippen LogP contribution in [0.1, 0.15) is 91.9 Å². The van der Waals surface area contributed by atoms with Gasteiger partial charge in [-0.1, -0.05) is 20.8 Å². The van der Waals surface area contributed by atoms with Crippen LogP contribution in [0.15, 0.2) is 0 Å². The molecule has 0 aromatic carbocycles. The minimum atomic E-state index is -0.993. The molecule has 0 bridgehead atoms. The Morgan fingerprint density at radius 2 is 1.74 bits per heavy atom. The van der Waals surface area contributed by atoms with Crippen molar-refractivity contribution in [3.05, 3.63) is 0 Å². The lowest BCUT2D eigenvalue weighted by Gasteiger charge is -2.61. The van der Waals surface area contributed by atoms with Crippen LogP contribution >= 0.6 is 0 Å². The molecule has 1 heterocycles. The fourth-order valence-electron chi connectivity index (χ4n) is 9.78. The van der Waals surface area contributed by atoms with E-state index in [2.05, 4.69) is 20.8 Å². The first-order chi connectivity index (χ1) is 14.6. The summed E-state index contributed by atoms with van der Waals surface area (Å²) < 4.78 is 6.69. The molecule has 0 spiro atoms. The van der Waals surface area contributed by atoms with Crippen LogP contribution in [0, 0.1) is 46.3 Å². The Bertz CT molecular complexity index is 678. The number of ether oxygens (including phenoxy) is 1. The zero-order valence-corrected chi connectivity index (χ0v) is 20.2. The molecular weight excluding hydrogens is 388 g/mol. The molecule has 0 aromatic rings. The van der Waals surface area contributed by atoms with Crippen LogP contribution in [0.4, 0.5) is 0 Å². The van der Waals surface area contributed by atoms with Crippen molar-refractivity contribution in [2.24, 2.45) is 46.3 Å². The van der Waals surface area contributed by atoms with Crippen molar-refractivity contribution in [3.63, 3.8) is 0 Å². The van der Waals surface area contributed by atoms with Gasteiger partial charge in [0.05, 0.1) is 30.5 Å². The molecule has 178 valence electrons. The van der Waals surface area contributed by atoms with Crippen molar-refractivity contribution in [3.8, 4) is 0 Å². The van der Waals surface area contributed by atoms with Gasteiger partial charge in [-0.05, 0) is 117 Å². The number of hydrogen-bond acceptors (Lipinski definition) is 4. The molecule has 1 saturated heterocycles. The Morgan fingerprint density at radius 1 is 1.00 bits per heavy atom. The van der Waals surface area contributed by atoms with Gasteiger partial charge in [0.15, 0.2) is 0 Å². The largest absolute Gasteiger partial charge is 0.393 e. The van der Waals surface area contributed by atoms with E-state index in [-0.39, 0.29) is 18.8 Å². The topological polar surface area (TPSA) is 69.9 Å². The lowest BCUT2D eigenvalue weighted by Crippen LogP contribution is -2.54. The lowest BCUT2D eigenvalue weighted by molar-refractivity contribution is -0.130. The molecule has 4 heteroatoms. The van der Waals surface area contributed by atoms with Crippen molar-refractivity contribution in [2.45, 2.75) is 116 Å². The Balaban J connectivity index is 1.31. The summed E-state index contributed by atoms with van der Waals surface area (Å²) >= 11 is 0. The predicted octanol–water partition coefficient (Wildman–Crippen LogP) is 4.54. The summed E-state index contributed by atoms with van der Waals surface area (Å²) in [6, 6.07) is 0. The van der Waals surface area contributed by atoms with E-state index in [9.17, 15) is 15.3 Å². The van der Waals surface area contributed by atoms with Crippen molar-refractivity contribution in [1.29, 1.82) is 0 Å². The van der Waals surface area contributed by atoms with Crippen molar-refractivity contribution >= 4 is 0 Å². The molecule has 0 amide bonds. The zero-order valence-electron chi connectivity index (χ0n) is 20.2. The number of aliphatic hydroxyl groups is 3. The fraction of sp³-hybridized carbons (Fsp3) is 1.00. The first kappa shape index (κ1) is 22.6. The second-order valence-corrected chi connectivity index (χ2v) is 13.2. The van der Waals surface area contributed by atoms with E-state index in [4.69, 9.17) is 4.74 Å². The molecule has 3 N–H and O–H groups in total. The molecule has 0 radical (unpaired) electrons. The molecule has 4 nitrogen and oxygen atoms in total. The average molecular weight is 435 g/mol. The average Bonchev–Trinajstić information content (AvgIpc) is 3.20. The Morgan fingerprint density at radius 3 is 2.48 bits per heavy atom. The van der Waals surface area contributed by atoms with Crippen LogP contribution in [-0.4, -0.2) is 45.8 Å². The summed E-state index contributed by atoms with van der Waals surface area (Å²) in [5.74, 6) is 4.35. The second kappa shape index (κ2) is 7.68. The van der Waals surface area contributed by atoms with E-state index in [0.29, 0.717) is 35.2 Å². The molecule has 5 fully saturated rings. The van der Waals surface area contributed by atoms with Crippen molar-refractivity contribution in [2.75, 3.05) is 6.61 Å². The van der Waals surface area contributed by atoms with E-state index in [1.54, 1.807) is 6.92 Å². The monoisotopic (exact) mass is 434 g/mol. The molecule has 4 aliphatic carbocycles. The Kier molecular flexibility index (Phi) is 5.61. The lowest BCUT2D eigenvalue weighted by atomic mass is 9.44. The maximum absolute atomic E-state index is 10.3. The van der Waals surface area contributed by atoms with Crippen LogP contribution in [0.25, 0.3) is 0 Å². The maximum Gasteiger partial charge on any atom is 0.0850 e. The van der Waals surface area contributed by atoms with E-state index in [1.165, 1.54) is 38.5 Å². The Labute approximate surface area is 189 Å². The standard InChI is InChI=1S/C27H46O4/c1-16-22(9-10-25(2,30)15-28)31-23-14-21-19-6-5-17-13-18(29)7-11-26(17,3)20(19)8-12-27(21,4)24(16)23/h16-24,28-30H,5-15H2,1-4H3/t16-,17?,18?,19-,20+,21+,22?,23+,24+,25?,26+,27+/m1/s1. The van der Waals surface area contributed by atoms with Gasteiger partial charge >= 0.3 is 0 Å². The van der Waals surface area contributed by atoms with Crippen LogP contribution in [0.3, 0.4) is 0 Å². The van der Waals surface area contributed by atoms with Crippen LogP contribution in [0.5, 0.6) is 0 Å². The summed E-state index contributed by atoms with van der Waals surface area (Å²) in [5, 5.41) is 29.9. The van der Waals surface area contributed by atoms with Gasteiger partial charge in [-0.3, -0.25) is 0 Å². The summed E-state index contributed by atoms with van der Waals surface area (Å²) in [5.41, 5.74) is -0.171. The van der Waals surface area contributed by atoms with E-state index < -0.39 is 5.60 Å². The van der Waals surface area contributed by atoms with Gasteiger partial charge in [0.1, 0.15) is 0 Å². The highest BCUT2D eigenvalue weighted by Gasteiger charge is 2.65. The van der Waals surface area contributed by atoms with Crippen molar-refractivity contribution in [1.82, 2.24) is 0 Å². The second-order valence-electron chi connectivity index (χ2n) is 13.2. The van der Waals surface area contributed by atoms with Gasteiger partial charge in [0, 0.05) is 0 Å². The minimum Gasteiger partial charge on any atom is -0.393 e. The van der Waals surface area contributed by atoms with Crippen LogP contribution in [0.2, 0.25) is 0 Å². The normalized spacial score (nSPS) is 55.6. The van der Waals surface area contributed by atoms with Gasteiger partial charge in [0.25, 0.3) is 0 Å². The maximum atomic E-state index is 10.3. The molecular formula is C27H46O4. The van der Waals surface area contributed by atoms with Crippen LogP contribution < -0.4 is 0 Å². The number of fused-ring (bicyclic) bond motifs is 7. The van der Waals surface area contributed by atoms with Crippen molar-refractivity contribution < 1.29 is 20.1 Å².